The topological polar surface area (TPSA) is 407 Å². The Balaban J connectivity index is 0.0000000956. The van der Waals surface area contributed by atoms with Crippen molar-refractivity contribution in [2.45, 2.75) is 69.6 Å². The second-order valence-corrected chi connectivity index (χ2v) is 36.0. The average molecular weight is 1760 g/mol. The fourth-order valence-corrected chi connectivity index (χ4v) is 21.1. The molecule has 17 heterocycles. The zero-order chi connectivity index (χ0) is 86.7. The Morgan fingerprint density at radius 1 is 0.442 bits per heavy atom. The highest BCUT2D eigenvalue weighted by molar-refractivity contribution is 7.17. The monoisotopic (exact) mass is 1760 g/mol. The molecular weight excluding hydrogens is 1690 g/mol. The van der Waals surface area contributed by atoms with Gasteiger partial charge in [0.2, 0.25) is 23.6 Å². The van der Waals surface area contributed by atoms with Gasteiger partial charge in [-0.15, -0.1) is 22.7 Å². The number of anilines is 2. The summed E-state index contributed by atoms with van der Waals surface area (Å²) in [6, 6.07) is 34.2. The molecule has 15 aromatic heterocycles. The smallest absolute Gasteiger partial charge is 0.280 e. The van der Waals surface area contributed by atoms with Crippen molar-refractivity contribution in [1.29, 1.82) is 0 Å². The molecule has 0 bridgehead atoms. The molecule has 8 aliphatic rings. The summed E-state index contributed by atoms with van der Waals surface area (Å²) in [5, 5.41) is 21.5. The van der Waals surface area contributed by atoms with Crippen LogP contribution in [0.5, 0.6) is 0 Å². The number of allylic oxidation sites excluding steroid dienone is 4. The second-order valence-electron chi connectivity index (χ2n) is 34.2. The summed E-state index contributed by atoms with van der Waals surface area (Å²) in [6.07, 6.45) is 20.7. The first-order valence-corrected chi connectivity index (χ1v) is 44.0. The minimum Gasteiger partial charge on any atom is -0.464 e. The summed E-state index contributed by atoms with van der Waals surface area (Å²) >= 11 is 3.34. The quantitative estimate of drug-likeness (QED) is 0.0817. The molecular formula is C90H74FN27O9S2. The Morgan fingerprint density at radius 3 is 1.42 bits per heavy atom. The molecule has 0 amide bonds. The van der Waals surface area contributed by atoms with E-state index < -0.39 is 0 Å². The van der Waals surface area contributed by atoms with E-state index in [-0.39, 0.29) is 72.0 Å². The van der Waals surface area contributed by atoms with Crippen LogP contribution in [0.4, 0.5) is 15.8 Å². The van der Waals surface area contributed by atoms with Gasteiger partial charge < -0.3 is 46.0 Å². The molecule has 6 aliphatic carbocycles. The van der Waals surface area contributed by atoms with E-state index in [9.17, 15) is 23.6 Å². The van der Waals surface area contributed by atoms with Gasteiger partial charge in [-0.1, -0.05) is 69.2 Å². The molecule has 2 saturated heterocycles. The van der Waals surface area contributed by atoms with Gasteiger partial charge in [-0.2, -0.15) is 25.0 Å². The molecule has 2 unspecified atom stereocenters. The number of thiazole rings is 2. The van der Waals surface area contributed by atoms with E-state index in [1.54, 1.807) is 113 Å². The van der Waals surface area contributed by atoms with E-state index in [1.807, 2.05) is 42.2 Å². The first-order chi connectivity index (χ1) is 63.0. The van der Waals surface area contributed by atoms with Crippen LogP contribution in [0.3, 0.4) is 0 Å². The molecule has 2 aliphatic heterocycles. The fourth-order valence-electron chi connectivity index (χ4n) is 19.6. The molecule has 0 N–H and O–H groups in total. The summed E-state index contributed by atoms with van der Waals surface area (Å²) < 4.78 is 54.7. The maximum absolute atomic E-state index is 14.3. The van der Waals surface area contributed by atoms with Gasteiger partial charge in [-0.05, 0) is 162 Å². The van der Waals surface area contributed by atoms with Gasteiger partial charge >= 0.3 is 0 Å². The molecule has 0 radical (unpaired) electrons. The van der Waals surface area contributed by atoms with Gasteiger partial charge in [0.15, 0.2) is 56.8 Å². The lowest BCUT2D eigenvalue weighted by Gasteiger charge is -2.22. The Hall–Kier alpha value is -15.2. The van der Waals surface area contributed by atoms with Gasteiger partial charge in [0, 0.05) is 88.4 Å². The van der Waals surface area contributed by atoms with Gasteiger partial charge in [-0.3, -0.25) is 37.9 Å². The van der Waals surface area contributed by atoms with Crippen LogP contribution in [0, 0.1) is 60.1 Å². The Bertz CT molecular complexity index is 7960. The van der Waals surface area contributed by atoms with E-state index in [4.69, 9.17) is 22.5 Å². The van der Waals surface area contributed by atoms with E-state index in [2.05, 4.69) is 173 Å². The lowest BCUT2D eigenvalue weighted by molar-refractivity contribution is 0.358. The summed E-state index contributed by atoms with van der Waals surface area (Å²) in [5.74, 6) is 9.98. The van der Waals surface area contributed by atoms with Crippen molar-refractivity contribution in [3.63, 3.8) is 0 Å². The maximum Gasteiger partial charge on any atom is 0.280 e. The third kappa shape index (κ3) is 14.0. The van der Waals surface area contributed by atoms with Gasteiger partial charge in [-0.25, -0.2) is 48.9 Å². The molecule has 4 aromatic carbocycles. The molecule has 12 atom stereocenters. The van der Waals surface area contributed by atoms with Crippen molar-refractivity contribution in [2.75, 3.05) is 36.0 Å². The van der Waals surface area contributed by atoms with Crippen molar-refractivity contribution < 1.29 is 26.9 Å². The van der Waals surface area contributed by atoms with E-state index >= 15 is 0 Å². The van der Waals surface area contributed by atoms with Crippen LogP contribution < -0.4 is 32.0 Å². The Labute approximate surface area is 734 Å². The number of rotatable bonds is 17. The summed E-state index contributed by atoms with van der Waals surface area (Å²) in [5.41, 5.74) is 17.5. The average Bonchev–Trinajstić information content (AvgIpc) is 1.57. The van der Waals surface area contributed by atoms with Crippen LogP contribution in [-0.2, 0) is 47.3 Å². The van der Waals surface area contributed by atoms with E-state index in [0.717, 1.165) is 84.4 Å². The molecule has 0 spiro atoms. The standard InChI is InChI=1S/C25H20N6O3.2C22H17N7O2S.C21H20FN7O2/c1-30-12-26-24-22(30)25(32)31(13-27-24)11-20-28-23(29-34-20)21-17-9-16(10-18(17)21)14-4-6-15(7-5-14)19-3-2-8-33-19;1-28-8-23-21-19(28)22(30)29(9-24-21)7-17-26-20(27-31-17)18-13-4-12(5-14(13)18)11-2-3-15-16(6-11)32-10-25-15;30-22-13-2-1-5-23-17(13)7-25-29(22)10-19-26-21(27-31-19)20-14-8-28(9-15(14)20)12-3-4-16-18(6-12)32-11-24-16;1-11-3-4-15(14(22)5-11)28-6-12-13(7-28)17(12)19-25-16(31-26-19)8-29-10-24-20-18(21(29)30)27(2)9-23-20/h2-9,12-13,17-18,21H,10-11H2,1H3;2-4,6,8-10,13-14,18H,5,7H2,1H3;1-7,11,14-15,20H,8-10H2;3-5,9-10,12-13,17H,6-8H2,1-2H3/t17-,18+,21+;13-,14+,18+;14-,15+,20?;12-,13+,17?/m01../s1. The highest BCUT2D eigenvalue weighted by Gasteiger charge is 2.61. The van der Waals surface area contributed by atoms with Gasteiger partial charge in [0.25, 0.3) is 22.2 Å². The molecule has 36 nitrogen and oxygen atoms in total. The van der Waals surface area contributed by atoms with Gasteiger partial charge in [0.1, 0.15) is 56.7 Å². The molecule has 19 aromatic rings. The third-order valence-corrected chi connectivity index (χ3v) is 28.1. The predicted molar refractivity (Wildman–Crippen MR) is 469 cm³/mol. The van der Waals surface area contributed by atoms with Crippen molar-refractivity contribution >= 4 is 110 Å². The molecule has 129 heavy (non-hydrogen) atoms. The predicted octanol–water partition coefficient (Wildman–Crippen LogP) is 11.2. The number of pyridine rings is 1. The summed E-state index contributed by atoms with van der Waals surface area (Å²) in [4.78, 5) is 112. The van der Waals surface area contributed by atoms with Gasteiger partial charge in [0.05, 0.1) is 79.5 Å². The third-order valence-electron chi connectivity index (χ3n) is 26.5. The van der Waals surface area contributed by atoms with Crippen molar-refractivity contribution in [1.82, 2.24) is 123 Å². The van der Waals surface area contributed by atoms with Crippen LogP contribution in [0.1, 0.15) is 100 Å². The van der Waals surface area contributed by atoms with Crippen LogP contribution >= 0.6 is 22.7 Å². The Morgan fingerprint density at radius 2 is 0.915 bits per heavy atom. The number of nitrogens with zero attached hydrogens (tertiary/aromatic N) is 27. The van der Waals surface area contributed by atoms with Crippen LogP contribution in [0.15, 0.2) is 225 Å². The molecule has 642 valence electrons. The highest BCUT2D eigenvalue weighted by atomic mass is 32.1. The minimum absolute atomic E-state index is 0.152. The number of aromatic nitrogens is 25. The first-order valence-electron chi connectivity index (χ1n) is 42.2. The number of aryl methyl sites for hydroxylation is 4. The number of hydrogen-bond acceptors (Lipinski definition) is 31. The maximum atomic E-state index is 14.3. The van der Waals surface area contributed by atoms with Crippen LogP contribution in [0.25, 0.3) is 87.3 Å². The van der Waals surface area contributed by atoms with E-state index in [0.29, 0.717) is 133 Å². The fraction of sp³-hybridized carbons (Fsp3) is 0.289. The first kappa shape index (κ1) is 77.4. The summed E-state index contributed by atoms with van der Waals surface area (Å²) in [6.45, 7) is 6.10. The Kier molecular flexibility index (Phi) is 18.4. The zero-order valence-electron chi connectivity index (χ0n) is 69.3. The molecule has 4 saturated carbocycles. The molecule has 6 fully saturated rings. The summed E-state index contributed by atoms with van der Waals surface area (Å²) in [7, 11) is 5.30. The van der Waals surface area contributed by atoms with Crippen molar-refractivity contribution in [3.8, 4) is 11.3 Å². The largest absolute Gasteiger partial charge is 0.464 e. The highest BCUT2D eigenvalue weighted by Crippen LogP contribution is 2.65. The number of benzene rings is 4. The normalized spacial score (nSPS) is 21.8. The number of fused-ring (bicyclic) bond motifs is 10. The number of halogens is 1. The van der Waals surface area contributed by atoms with Crippen LogP contribution in [0.2, 0.25) is 0 Å². The number of imidazole rings is 3. The number of piperidine rings is 2. The van der Waals surface area contributed by atoms with Crippen LogP contribution in [-0.4, -0.2) is 149 Å². The zero-order valence-corrected chi connectivity index (χ0v) is 70.9. The number of furan rings is 1. The number of hydrogen-bond donors (Lipinski definition) is 0. The second kappa shape index (κ2) is 30.6. The lowest BCUT2D eigenvalue weighted by atomic mass is 9.99. The molecule has 39 heteroatoms. The van der Waals surface area contributed by atoms with Crippen molar-refractivity contribution in [2.24, 2.45) is 68.5 Å². The van der Waals surface area contributed by atoms with Crippen molar-refractivity contribution in [3.05, 3.63) is 294 Å². The SMILES string of the molecule is Cc1ccc(N2C[C@@H]3C(c4noc(Cn5cnc6ncn(C)c6c5=O)n4)[C@@H]3C2)c(F)c1.Cn1cnc2ncn(Cc3nc([C@@H]4[C@H]5C=C(c6ccc(-c7ccco7)cc6)C[C@H]54)no3)c(=O)c21.Cn1cnc2ncn(Cc3nc([C@H]4[C@@H]5C=C(c6ccc7ncsc7c6)C[C@@H]54)no3)c(=O)c21.O=c1c2cccnc2cnn1Cc1nc(C2[C@H]3CN(c4ccc5ncsc5c4)C[C@@H]23)no1. The lowest BCUT2D eigenvalue weighted by Crippen LogP contribution is -2.24. The minimum atomic E-state index is -0.216. The van der Waals surface area contributed by atoms with E-state index in [1.165, 1.54) is 74.7 Å². The molecule has 27 rings (SSSR count).